The lowest BCUT2D eigenvalue weighted by Gasteiger charge is -2.17. The van der Waals surface area contributed by atoms with Crippen LogP contribution in [0.3, 0.4) is 0 Å². The molecule has 0 spiro atoms. The second kappa shape index (κ2) is 6.10. The normalized spacial score (nSPS) is 12.0. The first kappa shape index (κ1) is 15.3. The molecule has 0 saturated carbocycles. The molecule has 0 aromatic heterocycles. The number of anilines is 1. The van der Waals surface area contributed by atoms with Crippen molar-refractivity contribution in [1.82, 2.24) is 0 Å². The molecule has 0 aliphatic carbocycles. The van der Waals surface area contributed by atoms with Crippen LogP contribution in [-0.2, 0) is 0 Å². The molecule has 0 heterocycles. The number of hydrogen-bond donors (Lipinski definition) is 1. The number of nitro groups is 1. The van der Waals surface area contributed by atoms with Crippen LogP contribution in [0, 0.1) is 22.9 Å². The summed E-state index contributed by atoms with van der Waals surface area (Å²) >= 11 is 5.77. The largest absolute Gasteiger partial charge is 0.378 e. The van der Waals surface area contributed by atoms with Crippen LogP contribution in [0.15, 0.2) is 36.4 Å². The van der Waals surface area contributed by atoms with Crippen molar-refractivity contribution in [2.75, 3.05) is 5.32 Å². The monoisotopic (exact) mass is 308 g/mol. The zero-order valence-electron chi connectivity index (χ0n) is 11.6. The van der Waals surface area contributed by atoms with Crippen molar-refractivity contribution in [1.29, 1.82) is 0 Å². The highest BCUT2D eigenvalue weighted by Crippen LogP contribution is 2.29. The molecule has 110 valence electrons. The van der Waals surface area contributed by atoms with Gasteiger partial charge in [-0.1, -0.05) is 23.7 Å². The van der Waals surface area contributed by atoms with E-state index in [0.29, 0.717) is 11.3 Å². The fourth-order valence-electron chi connectivity index (χ4n) is 2.08. The number of halogens is 2. The third-order valence-corrected chi connectivity index (χ3v) is 3.61. The summed E-state index contributed by atoms with van der Waals surface area (Å²) in [5.74, 6) is -0.473. The SMILES string of the molecule is Cc1c(NC(C)c2ccc(F)c(Cl)c2)cccc1[N+](=O)[O-]. The molecule has 0 aliphatic rings. The van der Waals surface area contributed by atoms with Crippen LogP contribution in [0.25, 0.3) is 0 Å². The van der Waals surface area contributed by atoms with E-state index in [9.17, 15) is 14.5 Å². The Morgan fingerprint density at radius 3 is 2.67 bits per heavy atom. The summed E-state index contributed by atoms with van der Waals surface area (Å²) in [4.78, 5) is 10.5. The number of nitro benzene ring substituents is 1. The summed E-state index contributed by atoms with van der Waals surface area (Å²) in [6, 6.07) is 9.16. The zero-order valence-corrected chi connectivity index (χ0v) is 12.3. The van der Waals surface area contributed by atoms with Gasteiger partial charge < -0.3 is 5.32 Å². The summed E-state index contributed by atoms with van der Waals surface area (Å²) in [6.07, 6.45) is 0. The third-order valence-electron chi connectivity index (χ3n) is 3.32. The van der Waals surface area contributed by atoms with Crippen molar-refractivity contribution in [3.8, 4) is 0 Å². The fourth-order valence-corrected chi connectivity index (χ4v) is 2.26. The van der Waals surface area contributed by atoms with Gasteiger partial charge in [-0.25, -0.2) is 4.39 Å². The second-order valence-corrected chi connectivity index (χ2v) is 5.15. The van der Waals surface area contributed by atoms with Crippen LogP contribution in [0.2, 0.25) is 5.02 Å². The number of rotatable bonds is 4. The van der Waals surface area contributed by atoms with Crippen molar-refractivity contribution < 1.29 is 9.31 Å². The zero-order chi connectivity index (χ0) is 15.6. The van der Waals surface area contributed by atoms with E-state index < -0.39 is 10.7 Å². The van der Waals surface area contributed by atoms with E-state index in [1.165, 1.54) is 12.1 Å². The summed E-state index contributed by atoms with van der Waals surface area (Å²) in [6.45, 7) is 3.56. The molecule has 0 bridgehead atoms. The summed E-state index contributed by atoms with van der Waals surface area (Å²) in [7, 11) is 0. The van der Waals surface area contributed by atoms with Gasteiger partial charge in [0, 0.05) is 23.4 Å². The Bertz CT molecular complexity index is 691. The maximum absolute atomic E-state index is 13.2. The summed E-state index contributed by atoms with van der Waals surface area (Å²) in [5, 5.41) is 14.2. The minimum Gasteiger partial charge on any atom is -0.378 e. The first-order valence-electron chi connectivity index (χ1n) is 6.35. The Morgan fingerprint density at radius 1 is 1.33 bits per heavy atom. The van der Waals surface area contributed by atoms with Gasteiger partial charge in [0.05, 0.1) is 9.95 Å². The third kappa shape index (κ3) is 3.31. The topological polar surface area (TPSA) is 55.2 Å². The molecule has 0 amide bonds. The standard InChI is InChI=1S/C15H14ClFN2O2/c1-9-14(4-3-5-15(9)19(20)21)18-10(2)11-6-7-13(17)12(16)8-11/h3-8,10,18H,1-2H3. The first-order valence-corrected chi connectivity index (χ1v) is 6.73. The molecular formula is C15H14ClFN2O2. The Balaban J connectivity index is 2.27. The molecule has 1 atom stereocenters. The van der Waals surface area contributed by atoms with Crippen LogP contribution >= 0.6 is 11.6 Å². The van der Waals surface area contributed by atoms with Crippen molar-refractivity contribution >= 4 is 23.0 Å². The lowest BCUT2D eigenvalue weighted by Crippen LogP contribution is -2.08. The molecule has 1 N–H and O–H groups in total. The molecule has 2 rings (SSSR count). The van der Waals surface area contributed by atoms with Crippen LogP contribution in [0.1, 0.15) is 24.1 Å². The van der Waals surface area contributed by atoms with E-state index in [-0.39, 0.29) is 16.8 Å². The van der Waals surface area contributed by atoms with Gasteiger partial charge in [-0.05, 0) is 37.6 Å². The molecule has 0 radical (unpaired) electrons. The van der Waals surface area contributed by atoms with E-state index >= 15 is 0 Å². The van der Waals surface area contributed by atoms with E-state index in [0.717, 1.165) is 5.56 Å². The Morgan fingerprint density at radius 2 is 2.05 bits per heavy atom. The maximum Gasteiger partial charge on any atom is 0.274 e. The molecule has 21 heavy (non-hydrogen) atoms. The van der Waals surface area contributed by atoms with Crippen molar-refractivity contribution in [3.05, 3.63) is 68.5 Å². The van der Waals surface area contributed by atoms with Gasteiger partial charge >= 0.3 is 0 Å². The number of hydrogen-bond acceptors (Lipinski definition) is 3. The molecule has 6 heteroatoms. The van der Waals surface area contributed by atoms with Gasteiger partial charge in [-0.2, -0.15) is 0 Å². The van der Waals surface area contributed by atoms with Gasteiger partial charge in [-0.3, -0.25) is 10.1 Å². The van der Waals surface area contributed by atoms with Gasteiger partial charge in [0.25, 0.3) is 5.69 Å². The van der Waals surface area contributed by atoms with E-state index in [4.69, 9.17) is 11.6 Å². The minimum absolute atomic E-state index is 0.0527. The Kier molecular flexibility index (Phi) is 4.43. The molecular weight excluding hydrogens is 295 g/mol. The van der Waals surface area contributed by atoms with Crippen molar-refractivity contribution in [3.63, 3.8) is 0 Å². The predicted molar refractivity (Wildman–Crippen MR) is 81.3 cm³/mol. The van der Waals surface area contributed by atoms with Crippen molar-refractivity contribution in [2.45, 2.75) is 19.9 Å². The van der Waals surface area contributed by atoms with Crippen LogP contribution < -0.4 is 5.32 Å². The highest BCUT2D eigenvalue weighted by molar-refractivity contribution is 6.30. The number of benzene rings is 2. The van der Waals surface area contributed by atoms with Crippen LogP contribution in [0.5, 0.6) is 0 Å². The molecule has 0 fully saturated rings. The molecule has 1 unspecified atom stereocenters. The average Bonchev–Trinajstić information content (AvgIpc) is 2.43. The van der Waals surface area contributed by atoms with E-state index in [1.54, 1.807) is 31.2 Å². The quantitative estimate of drug-likeness (QED) is 0.647. The van der Waals surface area contributed by atoms with Crippen LogP contribution in [-0.4, -0.2) is 4.92 Å². The Labute approximate surface area is 126 Å². The van der Waals surface area contributed by atoms with E-state index in [2.05, 4.69) is 5.32 Å². The second-order valence-electron chi connectivity index (χ2n) is 4.75. The minimum atomic E-state index is -0.473. The lowest BCUT2D eigenvalue weighted by atomic mass is 10.1. The van der Waals surface area contributed by atoms with Crippen LogP contribution in [0.4, 0.5) is 15.8 Å². The highest BCUT2D eigenvalue weighted by Gasteiger charge is 2.15. The maximum atomic E-state index is 13.2. The molecule has 4 nitrogen and oxygen atoms in total. The van der Waals surface area contributed by atoms with Gasteiger partial charge in [0.1, 0.15) is 5.82 Å². The smallest absolute Gasteiger partial charge is 0.274 e. The molecule has 2 aromatic carbocycles. The predicted octanol–water partition coefficient (Wildman–Crippen LogP) is 4.87. The number of nitrogens with one attached hydrogen (secondary N) is 1. The highest BCUT2D eigenvalue weighted by atomic mass is 35.5. The van der Waals surface area contributed by atoms with Gasteiger partial charge in [-0.15, -0.1) is 0 Å². The lowest BCUT2D eigenvalue weighted by molar-refractivity contribution is -0.385. The molecule has 0 aliphatic heterocycles. The average molecular weight is 309 g/mol. The molecule has 0 saturated heterocycles. The molecule has 2 aromatic rings. The van der Waals surface area contributed by atoms with Crippen molar-refractivity contribution in [2.24, 2.45) is 0 Å². The van der Waals surface area contributed by atoms with Gasteiger partial charge in [0.15, 0.2) is 0 Å². The Hall–Kier alpha value is -2.14. The fraction of sp³-hybridized carbons (Fsp3) is 0.200. The van der Waals surface area contributed by atoms with E-state index in [1.807, 2.05) is 6.92 Å². The summed E-state index contributed by atoms with van der Waals surface area (Å²) in [5.41, 5.74) is 2.08. The first-order chi connectivity index (χ1) is 9.90. The van der Waals surface area contributed by atoms with Gasteiger partial charge in [0.2, 0.25) is 0 Å². The summed E-state index contributed by atoms with van der Waals surface area (Å²) < 4.78 is 13.2. The number of nitrogens with zero attached hydrogens (tertiary/aromatic N) is 1.